The number of amides is 1. The molecule has 0 spiro atoms. The highest BCUT2D eigenvalue weighted by Gasteiger charge is 2.35. The van der Waals surface area contributed by atoms with Crippen LogP contribution in [0.3, 0.4) is 0 Å². The molecule has 1 heterocycles. The molecule has 4 aromatic rings. The highest BCUT2D eigenvalue weighted by molar-refractivity contribution is 7.92. The lowest BCUT2D eigenvalue weighted by Gasteiger charge is -2.34. The van der Waals surface area contributed by atoms with Gasteiger partial charge in [-0.2, -0.15) is 0 Å². The summed E-state index contributed by atoms with van der Waals surface area (Å²) in [5.74, 6) is -0.549. The number of primary amides is 1. The van der Waals surface area contributed by atoms with Gasteiger partial charge in [-0.15, -0.1) is 13.2 Å². The van der Waals surface area contributed by atoms with Crippen LogP contribution in [-0.4, -0.2) is 45.7 Å². The van der Waals surface area contributed by atoms with Gasteiger partial charge in [0.05, 0.1) is 37.4 Å². The summed E-state index contributed by atoms with van der Waals surface area (Å²) in [6.07, 6.45) is -2.95. The number of alkyl halides is 3. The molecular weight excluding hydrogens is 587 g/mol. The number of rotatable bonds is 11. The first-order chi connectivity index (χ1) is 20.1. The average molecular weight is 620 g/mol. The van der Waals surface area contributed by atoms with Crippen molar-refractivity contribution in [2.75, 3.05) is 25.2 Å². The first-order valence-corrected chi connectivity index (χ1v) is 15.1. The molecule has 13 heteroatoms. The number of nitrogens with one attached hydrogen (secondary N) is 1. The fourth-order valence-corrected chi connectivity index (χ4v) is 5.99. The molecule has 0 fully saturated rings. The molecule has 3 N–H and O–H groups in total. The predicted molar refractivity (Wildman–Crippen MR) is 158 cm³/mol. The summed E-state index contributed by atoms with van der Waals surface area (Å²) in [7, 11) is -0.761. The SMILES string of the molecule is CCC(CC)(c1cc(OC)cc(OC(F)(F)F)c1)c1cc(OC)cc(-n2c(C(N)=O)cc3ccc(NS(C)(=O)=O)cc32)c1. The molecule has 0 aliphatic carbocycles. The van der Waals surface area contributed by atoms with Crippen LogP contribution in [0.1, 0.15) is 48.3 Å². The van der Waals surface area contributed by atoms with Gasteiger partial charge in [0.1, 0.15) is 22.9 Å². The van der Waals surface area contributed by atoms with Crippen LogP contribution >= 0.6 is 0 Å². The van der Waals surface area contributed by atoms with Crippen LogP contribution in [0.25, 0.3) is 16.6 Å². The summed E-state index contributed by atoms with van der Waals surface area (Å²) in [6, 6.07) is 15.8. The first-order valence-electron chi connectivity index (χ1n) is 13.2. The minimum Gasteiger partial charge on any atom is -0.497 e. The number of hydrogen-bond donors (Lipinski definition) is 2. The number of aromatic nitrogens is 1. The Morgan fingerprint density at radius 2 is 1.47 bits per heavy atom. The maximum absolute atomic E-state index is 13.2. The zero-order valence-electron chi connectivity index (χ0n) is 24.2. The largest absolute Gasteiger partial charge is 0.573 e. The number of halogens is 3. The Morgan fingerprint density at radius 3 is 2.00 bits per heavy atom. The number of benzene rings is 3. The van der Waals surface area contributed by atoms with E-state index in [9.17, 15) is 26.4 Å². The second-order valence-corrected chi connectivity index (χ2v) is 11.8. The van der Waals surface area contributed by atoms with E-state index < -0.39 is 33.5 Å². The van der Waals surface area contributed by atoms with E-state index in [4.69, 9.17) is 15.2 Å². The summed E-state index contributed by atoms with van der Waals surface area (Å²) in [5, 5.41) is 0.621. The van der Waals surface area contributed by atoms with Crippen molar-refractivity contribution in [3.63, 3.8) is 0 Å². The molecule has 1 amide bonds. The number of methoxy groups -OCH3 is 2. The number of sulfonamides is 1. The Labute approximate surface area is 247 Å². The lowest BCUT2D eigenvalue weighted by molar-refractivity contribution is -0.274. The van der Waals surface area contributed by atoms with Gasteiger partial charge < -0.3 is 24.5 Å². The number of hydrogen-bond acceptors (Lipinski definition) is 6. The van der Waals surface area contributed by atoms with Gasteiger partial charge in [0.25, 0.3) is 5.91 Å². The molecule has 3 aromatic carbocycles. The van der Waals surface area contributed by atoms with Crippen LogP contribution in [0.15, 0.2) is 60.7 Å². The van der Waals surface area contributed by atoms with Crippen molar-refractivity contribution in [1.29, 1.82) is 0 Å². The Hall–Kier alpha value is -4.39. The van der Waals surface area contributed by atoms with Gasteiger partial charge in [0, 0.05) is 22.9 Å². The number of anilines is 1. The van der Waals surface area contributed by atoms with Gasteiger partial charge in [-0.25, -0.2) is 8.42 Å². The Bertz CT molecular complexity index is 1780. The van der Waals surface area contributed by atoms with Crippen molar-refractivity contribution in [3.05, 3.63) is 77.5 Å². The van der Waals surface area contributed by atoms with E-state index in [0.29, 0.717) is 46.3 Å². The van der Waals surface area contributed by atoms with Crippen molar-refractivity contribution in [3.8, 4) is 22.9 Å². The Morgan fingerprint density at radius 1 is 0.884 bits per heavy atom. The normalized spacial score (nSPS) is 12.3. The van der Waals surface area contributed by atoms with Gasteiger partial charge >= 0.3 is 6.36 Å². The van der Waals surface area contributed by atoms with Crippen LogP contribution in [0.2, 0.25) is 0 Å². The Balaban J connectivity index is 2.01. The van der Waals surface area contributed by atoms with E-state index in [1.54, 1.807) is 47.0 Å². The van der Waals surface area contributed by atoms with E-state index in [1.165, 1.54) is 20.3 Å². The molecule has 9 nitrogen and oxygen atoms in total. The third-order valence-electron chi connectivity index (χ3n) is 7.41. The monoisotopic (exact) mass is 619 g/mol. The minimum absolute atomic E-state index is 0.131. The molecule has 0 aliphatic rings. The van der Waals surface area contributed by atoms with Crippen molar-refractivity contribution in [2.45, 2.75) is 38.5 Å². The van der Waals surface area contributed by atoms with Crippen LogP contribution < -0.4 is 24.7 Å². The summed E-state index contributed by atoms with van der Waals surface area (Å²) in [6.45, 7) is 3.82. The van der Waals surface area contributed by atoms with E-state index in [-0.39, 0.29) is 17.1 Å². The number of ether oxygens (including phenoxy) is 3. The molecule has 1 aromatic heterocycles. The fraction of sp³-hybridized carbons (Fsp3) is 0.300. The van der Waals surface area contributed by atoms with Crippen LogP contribution in [0.5, 0.6) is 17.2 Å². The predicted octanol–water partition coefficient (Wildman–Crippen LogP) is 6.12. The molecular formula is C30H32F3N3O6S. The third kappa shape index (κ3) is 6.66. The van der Waals surface area contributed by atoms with Crippen LogP contribution in [-0.2, 0) is 15.4 Å². The first kappa shape index (κ1) is 31.5. The lowest BCUT2D eigenvalue weighted by Crippen LogP contribution is -2.27. The van der Waals surface area contributed by atoms with Gasteiger partial charge in [0.15, 0.2) is 0 Å². The standard InChI is InChI=1S/C30H32F3N3O6S/c1-6-29(7-2,20-13-24(41-4)17-25(14-20)42-30(31,32)33)19-11-22(16-23(12-19)40-3)36-26-15-21(35-43(5,38)39)9-8-18(26)10-27(36)28(34)37/h8-17,35H,6-7H2,1-5H3,(H2,34,37). The smallest absolute Gasteiger partial charge is 0.497 e. The van der Waals surface area contributed by atoms with Crippen molar-refractivity contribution < 1.29 is 40.6 Å². The van der Waals surface area contributed by atoms with Crippen molar-refractivity contribution in [2.24, 2.45) is 5.73 Å². The summed E-state index contributed by atoms with van der Waals surface area (Å²) >= 11 is 0. The van der Waals surface area contributed by atoms with E-state index in [0.717, 1.165) is 12.3 Å². The topological polar surface area (TPSA) is 122 Å². The minimum atomic E-state index is -4.90. The summed E-state index contributed by atoms with van der Waals surface area (Å²) in [5.41, 5.74) is 7.48. The summed E-state index contributed by atoms with van der Waals surface area (Å²) < 4.78 is 82.6. The van der Waals surface area contributed by atoms with Gasteiger partial charge in [-0.05, 0) is 66.4 Å². The highest BCUT2D eigenvalue weighted by atomic mass is 32.2. The number of fused-ring (bicyclic) bond motifs is 1. The second kappa shape index (κ2) is 11.7. The van der Waals surface area contributed by atoms with Crippen molar-refractivity contribution in [1.82, 2.24) is 4.57 Å². The Kier molecular flexibility index (Phi) is 8.59. The molecule has 43 heavy (non-hydrogen) atoms. The molecule has 0 bridgehead atoms. The molecule has 230 valence electrons. The fourth-order valence-electron chi connectivity index (χ4n) is 5.44. The number of carbonyl (C=O) groups excluding carboxylic acids is 1. The summed E-state index contributed by atoms with van der Waals surface area (Å²) in [4.78, 5) is 12.6. The number of nitrogens with two attached hydrogens (primary N) is 1. The van der Waals surface area contributed by atoms with Gasteiger partial charge in [-0.3, -0.25) is 9.52 Å². The molecule has 0 atom stereocenters. The van der Waals surface area contributed by atoms with Crippen LogP contribution in [0, 0.1) is 0 Å². The maximum atomic E-state index is 13.2. The quantitative estimate of drug-likeness (QED) is 0.209. The number of carbonyl (C=O) groups is 1. The number of nitrogens with zero attached hydrogens (tertiary/aromatic N) is 1. The zero-order valence-corrected chi connectivity index (χ0v) is 25.0. The van der Waals surface area contributed by atoms with Crippen LogP contribution in [0.4, 0.5) is 18.9 Å². The molecule has 0 aliphatic heterocycles. The van der Waals surface area contributed by atoms with Gasteiger partial charge in [0.2, 0.25) is 10.0 Å². The molecule has 0 saturated carbocycles. The van der Waals surface area contributed by atoms with Crippen molar-refractivity contribution >= 4 is 32.5 Å². The zero-order chi connectivity index (χ0) is 31.7. The third-order valence-corrected chi connectivity index (χ3v) is 8.01. The van der Waals surface area contributed by atoms with E-state index in [2.05, 4.69) is 9.46 Å². The molecule has 0 saturated heterocycles. The lowest BCUT2D eigenvalue weighted by atomic mass is 9.70. The molecule has 0 radical (unpaired) electrons. The highest BCUT2D eigenvalue weighted by Crippen LogP contribution is 2.44. The molecule has 4 rings (SSSR count). The van der Waals surface area contributed by atoms with E-state index in [1.807, 2.05) is 19.9 Å². The average Bonchev–Trinajstić information content (AvgIpc) is 3.31. The van der Waals surface area contributed by atoms with E-state index >= 15 is 0 Å². The van der Waals surface area contributed by atoms with Gasteiger partial charge in [-0.1, -0.05) is 19.9 Å². The maximum Gasteiger partial charge on any atom is 0.573 e. The second-order valence-electron chi connectivity index (χ2n) is 10.0. The molecule has 0 unspecified atom stereocenters.